The van der Waals surface area contributed by atoms with Crippen molar-refractivity contribution in [1.82, 2.24) is 9.97 Å². The van der Waals surface area contributed by atoms with Crippen molar-refractivity contribution in [2.45, 2.75) is 0 Å². The third-order valence-corrected chi connectivity index (χ3v) is 3.91. The van der Waals surface area contributed by atoms with Crippen molar-refractivity contribution in [2.75, 3.05) is 11.1 Å². The molecule has 0 radical (unpaired) electrons. The first-order chi connectivity index (χ1) is 12.4. The van der Waals surface area contributed by atoms with Gasteiger partial charge in [0.05, 0.1) is 33.6 Å². The molecule has 3 aromatic heterocycles. The van der Waals surface area contributed by atoms with E-state index in [0.29, 0.717) is 5.69 Å². The standard InChI is InChI=1S/C10H7N3O4S.C5H6N2O/c14-7-5-11-4-3-6(7)12-10(15)8-1-2-9(18-8)13(16)17;6-4-1-2-7-3-5(4)8/h1-5,14H,(H,11,12,15);1-3,8H,(H2,6,7). The van der Waals surface area contributed by atoms with Crippen molar-refractivity contribution in [3.05, 3.63) is 64.0 Å². The van der Waals surface area contributed by atoms with Crippen LogP contribution in [0, 0.1) is 10.1 Å². The van der Waals surface area contributed by atoms with Crippen LogP contribution in [-0.4, -0.2) is 31.0 Å². The first-order valence-electron chi connectivity index (χ1n) is 6.95. The summed E-state index contributed by atoms with van der Waals surface area (Å²) in [6.07, 6.45) is 5.42. The van der Waals surface area contributed by atoms with E-state index in [1.807, 2.05) is 0 Å². The molecule has 0 aliphatic carbocycles. The van der Waals surface area contributed by atoms with Gasteiger partial charge < -0.3 is 21.3 Å². The number of aromatic nitrogens is 2. The number of nitrogens with two attached hydrogens (primary N) is 1. The van der Waals surface area contributed by atoms with Gasteiger partial charge >= 0.3 is 5.00 Å². The summed E-state index contributed by atoms with van der Waals surface area (Å²) in [6.45, 7) is 0. The average molecular weight is 375 g/mol. The lowest BCUT2D eigenvalue weighted by molar-refractivity contribution is -0.380. The Morgan fingerprint density at radius 2 is 1.77 bits per heavy atom. The molecule has 0 atom stereocenters. The summed E-state index contributed by atoms with van der Waals surface area (Å²) >= 11 is 0.766. The summed E-state index contributed by atoms with van der Waals surface area (Å²) in [5.74, 6) is -0.654. The van der Waals surface area contributed by atoms with Crippen LogP contribution in [0.2, 0.25) is 0 Å². The zero-order valence-corrected chi connectivity index (χ0v) is 13.9. The lowest BCUT2D eigenvalue weighted by atomic mass is 10.3. The minimum Gasteiger partial charge on any atom is -0.504 e. The van der Waals surface area contributed by atoms with Gasteiger partial charge in [-0.1, -0.05) is 11.3 Å². The minimum absolute atomic E-state index is 0.0347. The van der Waals surface area contributed by atoms with Gasteiger partial charge in [-0.15, -0.1) is 0 Å². The molecule has 0 aliphatic rings. The number of pyridine rings is 2. The lowest BCUT2D eigenvalue weighted by Gasteiger charge is -2.04. The van der Waals surface area contributed by atoms with Crippen molar-refractivity contribution in [2.24, 2.45) is 0 Å². The molecule has 3 heterocycles. The Morgan fingerprint density at radius 3 is 2.27 bits per heavy atom. The topological polar surface area (TPSA) is 165 Å². The molecular weight excluding hydrogens is 362 g/mol. The fraction of sp³-hybridized carbons (Fsp3) is 0. The van der Waals surface area contributed by atoms with Gasteiger partial charge in [-0.2, -0.15) is 0 Å². The van der Waals surface area contributed by atoms with Gasteiger partial charge in [0.2, 0.25) is 0 Å². The van der Waals surface area contributed by atoms with E-state index in [1.165, 1.54) is 49.1 Å². The Hall–Kier alpha value is -3.73. The highest BCUT2D eigenvalue weighted by Gasteiger charge is 2.16. The van der Waals surface area contributed by atoms with Gasteiger partial charge in [0.25, 0.3) is 5.91 Å². The summed E-state index contributed by atoms with van der Waals surface area (Å²) in [6, 6.07) is 5.58. The van der Waals surface area contributed by atoms with Gasteiger partial charge in [-0.25, -0.2) is 0 Å². The Balaban J connectivity index is 0.000000254. The molecule has 11 heteroatoms. The number of hydrogen-bond donors (Lipinski definition) is 4. The minimum atomic E-state index is -0.564. The van der Waals surface area contributed by atoms with Crippen molar-refractivity contribution in [3.8, 4) is 11.5 Å². The Labute approximate surface area is 150 Å². The van der Waals surface area contributed by atoms with Gasteiger partial charge in [-0.3, -0.25) is 24.9 Å². The number of nitrogens with zero attached hydrogens (tertiary/aromatic N) is 3. The molecule has 0 fully saturated rings. The molecule has 0 spiro atoms. The predicted molar refractivity (Wildman–Crippen MR) is 95.1 cm³/mol. The van der Waals surface area contributed by atoms with E-state index in [1.54, 1.807) is 0 Å². The number of nitrogen functional groups attached to an aromatic ring is 1. The van der Waals surface area contributed by atoms with E-state index in [4.69, 9.17) is 10.8 Å². The second kappa shape index (κ2) is 8.39. The Morgan fingerprint density at radius 1 is 1.12 bits per heavy atom. The number of aromatic hydroxyl groups is 2. The molecule has 3 aromatic rings. The molecule has 0 saturated heterocycles. The first kappa shape index (κ1) is 18.6. The number of amides is 1. The molecular formula is C15H13N5O5S. The number of nitrogens with one attached hydrogen (secondary N) is 1. The molecule has 0 aliphatic heterocycles. The summed E-state index contributed by atoms with van der Waals surface area (Å²) in [4.78, 5) is 29.1. The second-order valence-electron chi connectivity index (χ2n) is 4.68. The van der Waals surface area contributed by atoms with Crippen LogP contribution >= 0.6 is 11.3 Å². The largest absolute Gasteiger partial charge is 0.504 e. The van der Waals surface area contributed by atoms with E-state index < -0.39 is 10.8 Å². The lowest BCUT2D eigenvalue weighted by Crippen LogP contribution is -2.10. The highest BCUT2D eigenvalue weighted by Crippen LogP contribution is 2.26. The fourth-order valence-corrected chi connectivity index (χ4v) is 2.34. The summed E-state index contributed by atoms with van der Waals surface area (Å²) in [7, 11) is 0. The number of thiophene rings is 1. The third kappa shape index (κ3) is 4.88. The van der Waals surface area contributed by atoms with Crippen molar-refractivity contribution >= 4 is 33.6 Å². The van der Waals surface area contributed by atoms with Crippen molar-refractivity contribution in [1.29, 1.82) is 0 Å². The van der Waals surface area contributed by atoms with Crippen LogP contribution in [0.25, 0.3) is 0 Å². The molecule has 26 heavy (non-hydrogen) atoms. The number of hydrogen-bond acceptors (Lipinski definition) is 9. The molecule has 3 rings (SSSR count). The van der Waals surface area contributed by atoms with Crippen LogP contribution in [0.1, 0.15) is 9.67 Å². The fourth-order valence-electron chi connectivity index (χ4n) is 1.62. The highest BCUT2D eigenvalue weighted by molar-refractivity contribution is 7.17. The van der Waals surface area contributed by atoms with Gasteiger partial charge in [-0.05, 0) is 18.2 Å². The van der Waals surface area contributed by atoms with Crippen LogP contribution in [0.3, 0.4) is 0 Å². The van der Waals surface area contributed by atoms with Crippen LogP contribution in [0.4, 0.5) is 16.4 Å². The maximum atomic E-state index is 11.7. The molecule has 0 aromatic carbocycles. The van der Waals surface area contributed by atoms with Crippen LogP contribution in [0.5, 0.6) is 11.5 Å². The monoisotopic (exact) mass is 375 g/mol. The quantitative estimate of drug-likeness (QED) is 0.400. The van der Waals surface area contributed by atoms with E-state index in [9.17, 15) is 20.0 Å². The Bertz CT molecular complexity index is 909. The second-order valence-corrected chi connectivity index (χ2v) is 5.74. The van der Waals surface area contributed by atoms with Crippen LogP contribution < -0.4 is 11.1 Å². The zero-order valence-electron chi connectivity index (χ0n) is 13.1. The van der Waals surface area contributed by atoms with Crippen LogP contribution in [0.15, 0.2) is 49.1 Å². The first-order valence-corrected chi connectivity index (χ1v) is 7.77. The molecule has 0 saturated carbocycles. The average Bonchev–Trinajstić information content (AvgIpc) is 3.11. The number of anilines is 2. The van der Waals surface area contributed by atoms with E-state index in [0.717, 1.165) is 11.3 Å². The zero-order chi connectivity index (χ0) is 19.1. The normalized spacial score (nSPS) is 9.69. The van der Waals surface area contributed by atoms with E-state index >= 15 is 0 Å². The molecule has 5 N–H and O–H groups in total. The molecule has 134 valence electrons. The Kier molecular flexibility index (Phi) is 6.01. The summed E-state index contributed by atoms with van der Waals surface area (Å²) in [5.41, 5.74) is 5.79. The number of rotatable bonds is 3. The number of carbonyl (C=O) groups excluding carboxylic acids is 1. The summed E-state index contributed by atoms with van der Waals surface area (Å²) < 4.78 is 0. The molecule has 0 bridgehead atoms. The smallest absolute Gasteiger partial charge is 0.324 e. The van der Waals surface area contributed by atoms with Crippen molar-refractivity contribution < 1.29 is 19.9 Å². The third-order valence-electron chi connectivity index (χ3n) is 2.88. The van der Waals surface area contributed by atoms with Gasteiger partial charge in [0, 0.05) is 18.5 Å². The van der Waals surface area contributed by atoms with E-state index in [-0.39, 0.29) is 27.1 Å². The molecule has 10 nitrogen and oxygen atoms in total. The molecule has 0 unspecified atom stereocenters. The van der Waals surface area contributed by atoms with Gasteiger partial charge in [0.1, 0.15) is 0 Å². The predicted octanol–water partition coefficient (Wildman–Crippen LogP) is 2.38. The summed E-state index contributed by atoms with van der Waals surface area (Å²) in [5, 5.41) is 31.0. The van der Waals surface area contributed by atoms with Gasteiger partial charge in [0.15, 0.2) is 11.5 Å². The SMILES string of the molecule is Nc1ccncc1O.O=C(Nc1ccncc1O)c1ccc([N+](=O)[O-])s1. The van der Waals surface area contributed by atoms with Crippen molar-refractivity contribution in [3.63, 3.8) is 0 Å². The van der Waals surface area contributed by atoms with Crippen LogP contribution in [-0.2, 0) is 0 Å². The van der Waals surface area contributed by atoms with E-state index in [2.05, 4.69) is 15.3 Å². The molecule has 1 amide bonds. The highest BCUT2D eigenvalue weighted by atomic mass is 32.1. The number of nitro groups is 1. The number of carbonyl (C=O) groups is 1. The maximum Gasteiger partial charge on any atom is 0.324 e. The maximum absolute atomic E-state index is 11.7.